The third-order valence-corrected chi connectivity index (χ3v) is 8.76. The molecule has 1 aliphatic heterocycles. The predicted molar refractivity (Wildman–Crippen MR) is 166 cm³/mol. The Kier molecular flexibility index (Phi) is 12.2. The van der Waals surface area contributed by atoms with Gasteiger partial charge in [-0.15, -0.1) is 0 Å². The summed E-state index contributed by atoms with van der Waals surface area (Å²) in [7, 11) is 1.59. The van der Waals surface area contributed by atoms with Crippen molar-refractivity contribution in [3.8, 4) is 5.75 Å². The molecule has 0 bridgehead atoms. The monoisotopic (exact) mass is 643 g/mol. The van der Waals surface area contributed by atoms with Crippen LogP contribution in [0.15, 0.2) is 40.9 Å². The molecule has 228 valence electrons. The van der Waals surface area contributed by atoms with Gasteiger partial charge >= 0.3 is 0 Å². The van der Waals surface area contributed by atoms with E-state index < -0.39 is 11.7 Å². The quantitative estimate of drug-likeness (QED) is 0.145. The van der Waals surface area contributed by atoms with Crippen molar-refractivity contribution in [2.75, 3.05) is 33.3 Å². The zero-order valence-corrected chi connectivity index (χ0v) is 26.0. The third-order valence-electron chi connectivity index (χ3n) is 8.27. The molecule has 8 nitrogen and oxygen atoms in total. The maximum absolute atomic E-state index is 14.8. The average Bonchev–Trinajstić information content (AvgIpc) is 3.49. The highest BCUT2D eigenvalue weighted by Gasteiger charge is 2.27. The molecule has 10 heteroatoms. The van der Waals surface area contributed by atoms with Gasteiger partial charge in [-0.1, -0.05) is 34.8 Å². The lowest BCUT2D eigenvalue weighted by Crippen LogP contribution is -2.45. The number of hydrogen-bond donors (Lipinski definition) is 4. The Labute approximate surface area is 256 Å². The number of hydrogen-bond acceptors (Lipinski definition) is 5. The van der Waals surface area contributed by atoms with E-state index in [1.54, 1.807) is 13.2 Å². The molecule has 1 atom stereocenters. The summed E-state index contributed by atoms with van der Waals surface area (Å²) >= 11 is 3.46. The van der Waals surface area contributed by atoms with Crippen molar-refractivity contribution in [2.45, 2.75) is 70.3 Å². The molecule has 0 spiro atoms. The summed E-state index contributed by atoms with van der Waals surface area (Å²) in [5, 5.41) is 17.0. The topological polar surface area (TPSA) is 107 Å². The lowest BCUT2D eigenvalue weighted by atomic mass is 9.96. The maximum Gasteiger partial charge on any atom is 0.258 e. The minimum Gasteiger partial charge on any atom is -0.496 e. The first kappa shape index (κ1) is 31.9. The number of piperidine rings is 1. The van der Waals surface area contributed by atoms with E-state index in [0.717, 1.165) is 68.2 Å². The van der Waals surface area contributed by atoms with Gasteiger partial charge in [-0.2, -0.15) is 0 Å². The average molecular weight is 645 g/mol. The Morgan fingerprint density at radius 3 is 2.69 bits per heavy atom. The molecule has 2 aromatic rings. The first-order valence-electron chi connectivity index (χ1n) is 15.1. The highest BCUT2D eigenvalue weighted by Crippen LogP contribution is 2.26. The first-order chi connectivity index (χ1) is 20.3. The molecule has 0 radical (unpaired) electrons. The standard InChI is InChI=1S/C32H43BrFN5O3/c1-42-29-16-14-24(33)20-22(29)13-15-26-27(11-6-12-28(26)34)31(41)38-32(35)36-17-4-5-18-39-19-7-8-23(21-39)30(40)37-25-9-2-3-10-25/h6,11-12,14,16,20,23,25H,2-5,7-10,13,15,17-19,21H2,1H3,(H,37,40)(H3,35,36,38,41). The number of unbranched alkanes of at least 4 members (excludes halogenated alkanes) is 1. The molecule has 1 unspecified atom stereocenters. The van der Waals surface area contributed by atoms with Gasteiger partial charge in [-0.25, -0.2) is 4.39 Å². The molecule has 1 aliphatic carbocycles. The van der Waals surface area contributed by atoms with Crippen LogP contribution in [0.1, 0.15) is 72.9 Å². The molecule has 2 aliphatic rings. The van der Waals surface area contributed by atoms with E-state index in [0.29, 0.717) is 36.7 Å². The van der Waals surface area contributed by atoms with Gasteiger partial charge in [0.05, 0.1) is 13.0 Å². The maximum atomic E-state index is 14.8. The molecule has 4 rings (SSSR count). The number of nitrogens with zero attached hydrogens (tertiary/aromatic N) is 1. The van der Waals surface area contributed by atoms with Crippen LogP contribution in [0.25, 0.3) is 0 Å². The van der Waals surface area contributed by atoms with Gasteiger partial charge in [-0.3, -0.25) is 20.3 Å². The third kappa shape index (κ3) is 9.26. The Balaban J connectivity index is 1.18. The summed E-state index contributed by atoms with van der Waals surface area (Å²) in [6.07, 6.45) is 9.19. The van der Waals surface area contributed by atoms with Gasteiger partial charge in [0.1, 0.15) is 11.6 Å². The van der Waals surface area contributed by atoms with Crippen molar-refractivity contribution in [1.29, 1.82) is 5.41 Å². The second-order valence-corrected chi connectivity index (χ2v) is 12.2. The second kappa shape index (κ2) is 16.0. The fraction of sp³-hybridized carbons (Fsp3) is 0.531. The van der Waals surface area contributed by atoms with Crippen molar-refractivity contribution >= 4 is 33.7 Å². The summed E-state index contributed by atoms with van der Waals surface area (Å²) in [6.45, 7) is 3.26. The Hall–Kier alpha value is -2.98. The van der Waals surface area contributed by atoms with E-state index in [1.807, 2.05) is 18.2 Å². The molecule has 2 amide bonds. The number of carbonyl (C=O) groups is 2. The molecule has 1 saturated carbocycles. The van der Waals surface area contributed by atoms with Crippen LogP contribution in [0.3, 0.4) is 0 Å². The number of ether oxygens (including phenoxy) is 1. The van der Waals surface area contributed by atoms with Crippen molar-refractivity contribution in [2.24, 2.45) is 5.92 Å². The number of aryl methyl sites for hydroxylation is 1. The molecule has 42 heavy (non-hydrogen) atoms. The van der Waals surface area contributed by atoms with E-state index >= 15 is 0 Å². The predicted octanol–water partition coefficient (Wildman–Crippen LogP) is 5.19. The number of amides is 2. The van der Waals surface area contributed by atoms with E-state index in [1.165, 1.54) is 25.0 Å². The largest absolute Gasteiger partial charge is 0.496 e. The summed E-state index contributed by atoms with van der Waals surface area (Å²) < 4.78 is 21.1. The molecular formula is C32H43BrFN5O3. The summed E-state index contributed by atoms with van der Waals surface area (Å²) in [5.41, 5.74) is 1.43. The van der Waals surface area contributed by atoms with Crippen LogP contribution in [0.2, 0.25) is 0 Å². The SMILES string of the molecule is COc1ccc(Br)cc1CCc1c(F)cccc1C(=O)NC(=N)NCCCCN1CCCC(C(=O)NC2CCCC2)C1. The van der Waals surface area contributed by atoms with Gasteiger partial charge < -0.3 is 20.3 Å². The van der Waals surface area contributed by atoms with Gasteiger partial charge in [0.2, 0.25) is 5.91 Å². The molecule has 4 N–H and O–H groups in total. The smallest absolute Gasteiger partial charge is 0.258 e. The van der Waals surface area contributed by atoms with Crippen molar-refractivity contribution in [3.05, 3.63) is 63.4 Å². The summed E-state index contributed by atoms with van der Waals surface area (Å²) in [6, 6.07) is 10.5. The van der Waals surface area contributed by atoms with Gasteiger partial charge in [0, 0.05) is 34.7 Å². The summed E-state index contributed by atoms with van der Waals surface area (Å²) in [4.78, 5) is 28.0. The Morgan fingerprint density at radius 1 is 1.10 bits per heavy atom. The van der Waals surface area contributed by atoms with Crippen molar-refractivity contribution < 1.29 is 18.7 Å². The van der Waals surface area contributed by atoms with Gasteiger partial charge in [-0.05, 0) is 100 Å². The second-order valence-electron chi connectivity index (χ2n) is 11.3. The van der Waals surface area contributed by atoms with Crippen molar-refractivity contribution in [1.82, 2.24) is 20.9 Å². The lowest BCUT2D eigenvalue weighted by Gasteiger charge is -2.32. The molecular weight excluding hydrogens is 601 g/mol. The number of methoxy groups -OCH3 is 1. The van der Waals surface area contributed by atoms with Crippen LogP contribution >= 0.6 is 15.9 Å². The molecule has 1 saturated heterocycles. The van der Waals surface area contributed by atoms with Crippen LogP contribution < -0.4 is 20.7 Å². The van der Waals surface area contributed by atoms with E-state index in [-0.39, 0.29) is 23.3 Å². The first-order valence-corrected chi connectivity index (χ1v) is 15.9. The summed E-state index contributed by atoms with van der Waals surface area (Å²) in [5.74, 6) is -0.0793. The number of nitrogens with one attached hydrogen (secondary N) is 4. The molecule has 0 aromatic heterocycles. The number of likely N-dealkylation sites (tertiary alicyclic amines) is 1. The fourth-order valence-electron chi connectivity index (χ4n) is 5.99. The molecule has 1 heterocycles. The number of halogens is 2. The fourth-order valence-corrected chi connectivity index (χ4v) is 6.40. The Bertz CT molecular complexity index is 1240. The van der Waals surface area contributed by atoms with Crippen LogP contribution in [0, 0.1) is 17.1 Å². The number of guanidine groups is 1. The van der Waals surface area contributed by atoms with E-state index in [2.05, 4.69) is 36.8 Å². The number of rotatable bonds is 12. The minimum absolute atomic E-state index is 0.0742. The van der Waals surface area contributed by atoms with Gasteiger partial charge in [0.25, 0.3) is 5.91 Å². The van der Waals surface area contributed by atoms with Crippen LogP contribution in [-0.4, -0.2) is 62.0 Å². The highest BCUT2D eigenvalue weighted by atomic mass is 79.9. The zero-order valence-electron chi connectivity index (χ0n) is 24.4. The van der Waals surface area contributed by atoms with Gasteiger partial charge in [0.15, 0.2) is 5.96 Å². The van der Waals surface area contributed by atoms with Crippen LogP contribution in [0.5, 0.6) is 5.75 Å². The zero-order chi connectivity index (χ0) is 29.9. The van der Waals surface area contributed by atoms with Crippen LogP contribution in [-0.2, 0) is 17.6 Å². The lowest BCUT2D eigenvalue weighted by molar-refractivity contribution is -0.127. The number of carbonyl (C=O) groups excluding carboxylic acids is 2. The van der Waals surface area contributed by atoms with Crippen LogP contribution in [0.4, 0.5) is 4.39 Å². The normalized spacial score (nSPS) is 17.5. The van der Waals surface area contributed by atoms with E-state index in [4.69, 9.17) is 10.1 Å². The Morgan fingerprint density at radius 2 is 1.90 bits per heavy atom. The van der Waals surface area contributed by atoms with Crippen molar-refractivity contribution in [3.63, 3.8) is 0 Å². The molecule has 2 fully saturated rings. The highest BCUT2D eigenvalue weighted by molar-refractivity contribution is 9.10. The van der Waals surface area contributed by atoms with E-state index in [9.17, 15) is 14.0 Å². The minimum atomic E-state index is -0.515. The molecule has 2 aromatic carbocycles. The number of benzene rings is 2.